The molecule has 0 spiro atoms. The van der Waals surface area contributed by atoms with Crippen molar-refractivity contribution in [3.63, 3.8) is 0 Å². The van der Waals surface area contributed by atoms with E-state index in [0.29, 0.717) is 13.1 Å². The van der Waals surface area contributed by atoms with E-state index < -0.39 is 0 Å². The van der Waals surface area contributed by atoms with Gasteiger partial charge in [-0.3, -0.25) is 4.79 Å². The molecule has 0 aliphatic heterocycles. The SMILES string of the molecule is C\C=C/C=C\C=C(/C)COC=O. The number of carbonyl (C=O) groups is 1. The fourth-order valence-corrected chi connectivity index (χ4v) is 0.609. The topological polar surface area (TPSA) is 26.3 Å². The molecule has 2 nitrogen and oxygen atoms in total. The van der Waals surface area contributed by atoms with E-state index >= 15 is 0 Å². The van der Waals surface area contributed by atoms with E-state index in [1.807, 2.05) is 44.2 Å². The Morgan fingerprint density at radius 1 is 1.33 bits per heavy atom. The van der Waals surface area contributed by atoms with E-state index in [0.717, 1.165) is 5.57 Å². The van der Waals surface area contributed by atoms with Gasteiger partial charge >= 0.3 is 0 Å². The van der Waals surface area contributed by atoms with E-state index in [-0.39, 0.29) is 0 Å². The van der Waals surface area contributed by atoms with Gasteiger partial charge in [0.1, 0.15) is 6.61 Å². The Kier molecular flexibility index (Phi) is 6.94. The molecule has 0 bridgehead atoms. The van der Waals surface area contributed by atoms with Crippen molar-refractivity contribution in [2.75, 3.05) is 6.61 Å². The highest BCUT2D eigenvalue weighted by Crippen LogP contribution is 1.93. The average molecular weight is 166 g/mol. The molecule has 0 fully saturated rings. The molecular formula is C10H14O2. The maximum Gasteiger partial charge on any atom is 0.293 e. The molecule has 0 rings (SSSR count). The number of allylic oxidation sites excluding steroid dienone is 5. The molecule has 0 saturated carbocycles. The number of rotatable bonds is 5. The van der Waals surface area contributed by atoms with Crippen LogP contribution in [0.3, 0.4) is 0 Å². The lowest BCUT2D eigenvalue weighted by molar-refractivity contribution is -0.127. The minimum atomic E-state index is 0.365. The number of carbonyl (C=O) groups excluding carboxylic acids is 1. The van der Waals surface area contributed by atoms with Crippen LogP contribution in [-0.2, 0) is 9.53 Å². The molecule has 0 radical (unpaired) electrons. The zero-order chi connectivity index (χ0) is 9.23. The van der Waals surface area contributed by atoms with Crippen molar-refractivity contribution < 1.29 is 9.53 Å². The Labute approximate surface area is 73.2 Å². The van der Waals surface area contributed by atoms with Crippen LogP contribution in [0.1, 0.15) is 13.8 Å². The first kappa shape index (κ1) is 10.7. The molecule has 0 unspecified atom stereocenters. The monoisotopic (exact) mass is 166 g/mol. The van der Waals surface area contributed by atoms with Gasteiger partial charge in [-0.25, -0.2) is 0 Å². The fraction of sp³-hybridized carbons (Fsp3) is 0.300. The van der Waals surface area contributed by atoms with Crippen LogP contribution in [0.4, 0.5) is 0 Å². The molecule has 0 aromatic carbocycles. The first-order valence-electron chi connectivity index (χ1n) is 3.81. The third-order valence-electron chi connectivity index (χ3n) is 1.17. The van der Waals surface area contributed by atoms with Crippen LogP contribution >= 0.6 is 0 Å². The van der Waals surface area contributed by atoms with Crippen molar-refractivity contribution in [1.29, 1.82) is 0 Å². The number of hydrogen-bond acceptors (Lipinski definition) is 2. The summed E-state index contributed by atoms with van der Waals surface area (Å²) in [7, 11) is 0. The molecule has 0 atom stereocenters. The average Bonchev–Trinajstić information content (AvgIpc) is 2.09. The third-order valence-corrected chi connectivity index (χ3v) is 1.17. The fourth-order valence-electron chi connectivity index (χ4n) is 0.609. The lowest BCUT2D eigenvalue weighted by Crippen LogP contribution is -1.91. The Balaban J connectivity index is 3.74. The van der Waals surface area contributed by atoms with Crippen LogP contribution in [0, 0.1) is 0 Å². The summed E-state index contributed by atoms with van der Waals surface area (Å²) in [6.07, 6.45) is 9.61. The molecule has 0 aliphatic rings. The van der Waals surface area contributed by atoms with Crippen LogP contribution in [0.15, 0.2) is 36.0 Å². The van der Waals surface area contributed by atoms with Crippen molar-refractivity contribution >= 4 is 6.47 Å². The van der Waals surface area contributed by atoms with Crippen molar-refractivity contribution in [1.82, 2.24) is 0 Å². The van der Waals surface area contributed by atoms with Gasteiger partial charge in [0.05, 0.1) is 0 Å². The summed E-state index contributed by atoms with van der Waals surface area (Å²) in [6.45, 7) is 4.68. The van der Waals surface area contributed by atoms with Crippen molar-refractivity contribution in [3.05, 3.63) is 36.0 Å². The summed E-state index contributed by atoms with van der Waals surface area (Å²) in [4.78, 5) is 9.81. The molecule has 2 heteroatoms. The maximum atomic E-state index is 9.81. The van der Waals surface area contributed by atoms with E-state index in [1.165, 1.54) is 0 Å². The summed E-state index contributed by atoms with van der Waals surface area (Å²) in [6, 6.07) is 0. The smallest absolute Gasteiger partial charge is 0.293 e. The highest BCUT2D eigenvalue weighted by molar-refractivity contribution is 5.37. The number of ether oxygens (including phenoxy) is 1. The molecule has 0 aromatic heterocycles. The van der Waals surface area contributed by atoms with E-state index in [2.05, 4.69) is 4.74 Å². The van der Waals surface area contributed by atoms with Crippen LogP contribution < -0.4 is 0 Å². The standard InChI is InChI=1S/C10H14O2/c1-3-4-5-6-7-10(2)8-12-9-11/h3-7,9H,8H2,1-2H3/b4-3-,6-5-,10-7+. The maximum absolute atomic E-state index is 9.81. The van der Waals surface area contributed by atoms with Crippen molar-refractivity contribution in [2.45, 2.75) is 13.8 Å². The van der Waals surface area contributed by atoms with Gasteiger partial charge in [0, 0.05) is 0 Å². The second-order valence-electron chi connectivity index (χ2n) is 2.33. The lowest BCUT2D eigenvalue weighted by atomic mass is 10.3. The molecule has 0 aliphatic carbocycles. The van der Waals surface area contributed by atoms with Gasteiger partial charge in [0.25, 0.3) is 6.47 Å². The Morgan fingerprint density at radius 2 is 2.08 bits per heavy atom. The highest BCUT2D eigenvalue weighted by Gasteiger charge is 1.84. The predicted octanol–water partition coefficient (Wildman–Crippen LogP) is 2.24. The zero-order valence-electron chi connectivity index (χ0n) is 7.49. The van der Waals surface area contributed by atoms with Crippen LogP contribution in [0.25, 0.3) is 0 Å². The lowest BCUT2D eigenvalue weighted by Gasteiger charge is -1.95. The summed E-state index contributed by atoms with van der Waals surface area (Å²) in [5.41, 5.74) is 1.02. The van der Waals surface area contributed by atoms with Crippen LogP contribution in [0.2, 0.25) is 0 Å². The predicted molar refractivity (Wildman–Crippen MR) is 49.7 cm³/mol. The van der Waals surface area contributed by atoms with Crippen LogP contribution in [0.5, 0.6) is 0 Å². The molecule has 12 heavy (non-hydrogen) atoms. The minimum Gasteiger partial charge on any atom is -0.463 e. The minimum absolute atomic E-state index is 0.365. The summed E-state index contributed by atoms with van der Waals surface area (Å²) < 4.78 is 4.55. The van der Waals surface area contributed by atoms with Gasteiger partial charge in [-0.15, -0.1) is 0 Å². The summed E-state index contributed by atoms with van der Waals surface area (Å²) in [5, 5.41) is 0. The second kappa shape index (κ2) is 7.79. The Morgan fingerprint density at radius 3 is 2.67 bits per heavy atom. The van der Waals surface area contributed by atoms with Gasteiger partial charge in [0.2, 0.25) is 0 Å². The molecule has 0 aromatic rings. The Hall–Kier alpha value is -1.31. The van der Waals surface area contributed by atoms with E-state index in [4.69, 9.17) is 0 Å². The molecule has 0 N–H and O–H groups in total. The zero-order valence-corrected chi connectivity index (χ0v) is 7.49. The normalized spacial score (nSPS) is 12.7. The van der Waals surface area contributed by atoms with Crippen LogP contribution in [-0.4, -0.2) is 13.1 Å². The molecular weight excluding hydrogens is 152 g/mol. The molecule has 0 amide bonds. The van der Waals surface area contributed by atoms with Gasteiger partial charge in [0.15, 0.2) is 0 Å². The van der Waals surface area contributed by atoms with Gasteiger partial charge in [-0.05, 0) is 19.4 Å². The molecule has 0 saturated heterocycles. The summed E-state index contributed by atoms with van der Waals surface area (Å²) in [5.74, 6) is 0. The van der Waals surface area contributed by atoms with Crippen molar-refractivity contribution in [2.24, 2.45) is 0 Å². The second-order valence-corrected chi connectivity index (χ2v) is 2.33. The molecule has 66 valence electrons. The largest absolute Gasteiger partial charge is 0.463 e. The number of hydrogen-bond donors (Lipinski definition) is 0. The first-order valence-corrected chi connectivity index (χ1v) is 3.81. The van der Waals surface area contributed by atoms with Gasteiger partial charge < -0.3 is 4.74 Å². The quantitative estimate of drug-likeness (QED) is 0.462. The first-order chi connectivity index (χ1) is 5.81. The van der Waals surface area contributed by atoms with Crippen molar-refractivity contribution in [3.8, 4) is 0 Å². The molecule has 0 heterocycles. The highest BCUT2D eigenvalue weighted by atomic mass is 16.5. The van der Waals surface area contributed by atoms with Gasteiger partial charge in [-0.2, -0.15) is 0 Å². The summed E-state index contributed by atoms with van der Waals surface area (Å²) >= 11 is 0. The van der Waals surface area contributed by atoms with E-state index in [9.17, 15) is 4.79 Å². The van der Waals surface area contributed by atoms with E-state index in [1.54, 1.807) is 0 Å². The Bertz CT molecular complexity index is 200. The van der Waals surface area contributed by atoms with Gasteiger partial charge in [-0.1, -0.05) is 30.4 Å². The third kappa shape index (κ3) is 6.81.